The fraction of sp³-hybridized carbons (Fsp3) is 0.0400. The summed E-state index contributed by atoms with van der Waals surface area (Å²) in [5.74, 6) is 21.8. The molecule has 13 aromatic rings. The van der Waals surface area contributed by atoms with Crippen LogP contribution in [0, 0.1) is 77.6 Å². The molecule has 2 aliphatic rings. The van der Waals surface area contributed by atoms with Crippen molar-refractivity contribution in [1.29, 1.82) is 0 Å². The predicted octanol–water partition coefficient (Wildman–Crippen LogP) is 23.3. The fourth-order valence-corrected chi connectivity index (χ4v) is 14.1. The van der Waals surface area contributed by atoms with E-state index in [0.717, 1.165) is 17.7 Å². The molecule has 0 saturated carbocycles. The van der Waals surface area contributed by atoms with Gasteiger partial charge >= 0.3 is 12.4 Å². The second-order valence-corrected chi connectivity index (χ2v) is 26.7. The second kappa shape index (κ2) is 30.8. The van der Waals surface area contributed by atoms with Crippen molar-refractivity contribution in [2.24, 2.45) is 0 Å². The number of aryl methyl sites for hydroxylation is 1. The molecule has 0 fully saturated rings. The Morgan fingerprint density at radius 3 is 0.625 bits per heavy atom. The molecule has 15 rings (SSSR count). The van der Waals surface area contributed by atoms with Crippen LogP contribution in [-0.2, 0) is 21.2 Å². The molecule has 0 bridgehead atoms. The SMILES string of the molecule is Cc1ccc(C2=C(c3ccc(C#Cc4ccc(F)cc4)cc3)C(=O)C(c3ccc(C#Cc4ccc(F)cc4)cc3)=C2c2ccc(C(c3ccccc3)(c3ccc(C4=C(c5ccc(C#Cc6ccc(F)cc6)cc5)C(=O)C(c5ccc(C#Cc6ccc(F)cc6)cc5)=C4c4ccc(C(F)(F)F)cc4)cc3)C(F)(F)F)cc2)cc1. The van der Waals surface area contributed by atoms with Gasteiger partial charge in [-0.1, -0.05) is 217 Å². The topological polar surface area (TPSA) is 34.1 Å². The standard InChI is InChI=1S/C100H56F10O2/c1-63-7-33-72(34-8-63)88-89(93(77-37-19-65(20-38-77)10-14-69-27-57-85(102)58-28-69)96(111)92(88)76-35-17-64(18-36-76)9-13-68-25-55-84(101)56-26-68)73-43-49-81(50-44-73)98(100(108,109)110,80-5-3-2-4-6-80)82-51-45-74(46-52-82)90-91(75-47-53-83(54-48-75)99(105,106)107)95(79-41-23-67(24-42-79)12-16-71-31-61-87(104)62-32-71)97(112)94(90)78-39-21-66(22-40-78)11-15-70-29-59-86(103)60-30-70/h2-8,17-62H,1H3. The van der Waals surface area contributed by atoms with Crippen LogP contribution in [0.1, 0.15) is 117 Å². The Kier molecular flexibility index (Phi) is 20.1. The maximum absolute atomic E-state index is 17.6. The Hall–Kier alpha value is -14.3. The first-order valence-corrected chi connectivity index (χ1v) is 35.3. The van der Waals surface area contributed by atoms with Crippen LogP contribution in [0.15, 0.2) is 322 Å². The monoisotopic (exact) mass is 1480 g/mol. The van der Waals surface area contributed by atoms with E-state index in [4.69, 9.17) is 0 Å². The van der Waals surface area contributed by atoms with Crippen molar-refractivity contribution >= 4 is 56.2 Å². The number of allylic oxidation sites excluding steroid dienone is 8. The van der Waals surface area contributed by atoms with Crippen LogP contribution in [0.5, 0.6) is 0 Å². The Morgan fingerprint density at radius 2 is 0.402 bits per heavy atom. The lowest BCUT2D eigenvalue weighted by Crippen LogP contribution is -2.44. The maximum Gasteiger partial charge on any atom is 0.416 e. The molecular formula is C100H56F10O2. The van der Waals surface area contributed by atoms with Gasteiger partial charge in [-0.3, -0.25) is 9.59 Å². The van der Waals surface area contributed by atoms with E-state index in [-0.39, 0.29) is 61.5 Å². The summed E-state index contributed by atoms with van der Waals surface area (Å²) in [7, 11) is 0. The number of Topliss-reactive ketones (excluding diaryl/α,β-unsaturated/α-hetero) is 2. The van der Waals surface area contributed by atoms with Gasteiger partial charge < -0.3 is 0 Å². The van der Waals surface area contributed by atoms with Crippen LogP contribution in [0.4, 0.5) is 43.9 Å². The molecule has 538 valence electrons. The molecule has 2 nitrogen and oxygen atoms in total. The zero-order valence-corrected chi connectivity index (χ0v) is 59.2. The molecule has 0 saturated heterocycles. The van der Waals surface area contributed by atoms with Crippen LogP contribution in [0.3, 0.4) is 0 Å². The van der Waals surface area contributed by atoms with E-state index in [0.29, 0.717) is 94.6 Å². The van der Waals surface area contributed by atoms with Crippen molar-refractivity contribution in [1.82, 2.24) is 0 Å². The summed E-state index contributed by atoms with van der Waals surface area (Å²) in [5.41, 5.74) is 5.93. The summed E-state index contributed by atoms with van der Waals surface area (Å²) in [6, 6.07) is 81.1. The van der Waals surface area contributed by atoms with Gasteiger partial charge in [0.2, 0.25) is 0 Å². The van der Waals surface area contributed by atoms with E-state index in [1.54, 1.807) is 140 Å². The summed E-state index contributed by atoms with van der Waals surface area (Å²) in [5, 5.41) is 0. The minimum Gasteiger partial charge on any atom is -0.289 e. The molecule has 0 amide bonds. The van der Waals surface area contributed by atoms with E-state index >= 15 is 22.8 Å². The lowest BCUT2D eigenvalue weighted by Gasteiger charge is -2.38. The van der Waals surface area contributed by atoms with Crippen LogP contribution in [0.2, 0.25) is 0 Å². The minimum absolute atomic E-state index is 0.0726. The van der Waals surface area contributed by atoms with Gasteiger partial charge in [-0.25, -0.2) is 17.6 Å². The van der Waals surface area contributed by atoms with E-state index in [1.165, 1.54) is 146 Å². The van der Waals surface area contributed by atoms with E-state index in [2.05, 4.69) is 47.4 Å². The summed E-state index contributed by atoms with van der Waals surface area (Å²) >= 11 is 0. The number of alkyl halides is 6. The third-order valence-electron chi connectivity index (χ3n) is 19.6. The smallest absolute Gasteiger partial charge is 0.289 e. The van der Waals surface area contributed by atoms with Crippen molar-refractivity contribution < 1.29 is 53.5 Å². The van der Waals surface area contributed by atoms with Crippen LogP contribution < -0.4 is 0 Å². The van der Waals surface area contributed by atoms with Crippen molar-refractivity contribution in [3.05, 3.63) is 462 Å². The molecule has 112 heavy (non-hydrogen) atoms. The molecule has 0 aromatic heterocycles. The van der Waals surface area contributed by atoms with Crippen molar-refractivity contribution in [3.63, 3.8) is 0 Å². The highest BCUT2D eigenvalue weighted by Crippen LogP contribution is 2.56. The fourth-order valence-electron chi connectivity index (χ4n) is 14.1. The number of benzene rings is 13. The van der Waals surface area contributed by atoms with E-state index < -0.39 is 52.4 Å². The van der Waals surface area contributed by atoms with Gasteiger partial charge in [0, 0.05) is 89.1 Å². The van der Waals surface area contributed by atoms with Gasteiger partial charge in [0.05, 0.1) is 5.56 Å². The molecule has 0 N–H and O–H groups in total. The molecule has 2 aliphatic carbocycles. The van der Waals surface area contributed by atoms with E-state index in [1.807, 2.05) is 31.2 Å². The largest absolute Gasteiger partial charge is 0.416 e. The quantitative estimate of drug-likeness (QED) is 0.0735. The van der Waals surface area contributed by atoms with Crippen LogP contribution in [-0.4, -0.2) is 17.7 Å². The average molecular weight is 1480 g/mol. The van der Waals surface area contributed by atoms with Crippen LogP contribution >= 0.6 is 0 Å². The number of halogens is 10. The molecule has 0 radical (unpaired) electrons. The minimum atomic E-state index is -5.12. The number of hydrogen-bond donors (Lipinski definition) is 0. The number of rotatable bonds is 11. The van der Waals surface area contributed by atoms with Crippen LogP contribution in [0.25, 0.3) is 44.6 Å². The van der Waals surface area contributed by atoms with E-state index in [9.17, 15) is 30.7 Å². The first-order chi connectivity index (χ1) is 54.1. The van der Waals surface area contributed by atoms with Crippen molar-refractivity contribution in [3.8, 4) is 47.4 Å². The molecule has 1 unspecified atom stereocenters. The predicted molar refractivity (Wildman–Crippen MR) is 420 cm³/mol. The number of carbonyl (C=O) groups is 2. The first-order valence-electron chi connectivity index (χ1n) is 35.3. The molecule has 13 aromatic carbocycles. The van der Waals surface area contributed by atoms with Gasteiger partial charge in [-0.2, -0.15) is 26.3 Å². The van der Waals surface area contributed by atoms with Gasteiger partial charge in [-0.05, 0) is 226 Å². The zero-order chi connectivity index (χ0) is 77.8. The Bertz CT molecular complexity index is 6230. The molecule has 0 heterocycles. The number of carbonyl (C=O) groups excluding carboxylic acids is 2. The van der Waals surface area contributed by atoms with Gasteiger partial charge in [0.25, 0.3) is 0 Å². The average Bonchev–Trinajstić information content (AvgIpc) is 1.27. The zero-order valence-electron chi connectivity index (χ0n) is 59.2. The summed E-state index contributed by atoms with van der Waals surface area (Å²) < 4.78 is 151. The Labute approximate surface area is 639 Å². The summed E-state index contributed by atoms with van der Waals surface area (Å²) in [4.78, 5) is 31.8. The molecular weight excluding hydrogens is 1420 g/mol. The summed E-state index contributed by atoms with van der Waals surface area (Å²) in [6.07, 6.45) is -9.87. The third-order valence-corrected chi connectivity index (χ3v) is 19.6. The Balaban J connectivity index is 0.891. The first kappa shape index (κ1) is 73.2. The molecule has 0 spiro atoms. The molecule has 12 heteroatoms. The number of hydrogen-bond acceptors (Lipinski definition) is 2. The van der Waals surface area contributed by atoms with Gasteiger partial charge in [0.15, 0.2) is 11.6 Å². The highest BCUT2D eigenvalue weighted by molar-refractivity contribution is 6.60. The lowest BCUT2D eigenvalue weighted by atomic mass is 9.68. The normalized spacial score (nSPS) is 13.3. The van der Waals surface area contributed by atoms with Crippen molar-refractivity contribution in [2.75, 3.05) is 0 Å². The maximum atomic E-state index is 17.6. The second-order valence-electron chi connectivity index (χ2n) is 26.7. The lowest BCUT2D eigenvalue weighted by molar-refractivity contribution is -0.166. The highest BCUT2D eigenvalue weighted by Gasteiger charge is 2.58. The van der Waals surface area contributed by atoms with Crippen molar-refractivity contribution in [2.45, 2.75) is 24.7 Å². The highest BCUT2D eigenvalue weighted by atomic mass is 19.4. The molecule has 1 atom stereocenters. The van der Waals surface area contributed by atoms with Gasteiger partial charge in [-0.15, -0.1) is 0 Å². The Morgan fingerprint density at radius 1 is 0.214 bits per heavy atom. The third kappa shape index (κ3) is 15.1. The molecule has 0 aliphatic heterocycles. The van der Waals surface area contributed by atoms with Gasteiger partial charge in [0.1, 0.15) is 28.7 Å². The summed E-state index contributed by atoms with van der Waals surface area (Å²) in [6.45, 7) is 1.92. The number of ketones is 2.